The second-order valence-electron chi connectivity index (χ2n) is 5.54. The van der Waals surface area contributed by atoms with Gasteiger partial charge in [0.25, 0.3) is 0 Å². The van der Waals surface area contributed by atoms with Gasteiger partial charge in [-0.05, 0) is 44.5 Å². The summed E-state index contributed by atoms with van der Waals surface area (Å²) in [5.74, 6) is 0.508. The minimum Gasteiger partial charge on any atom is -0.327 e. The Morgan fingerprint density at radius 1 is 1.22 bits per heavy atom. The van der Waals surface area contributed by atoms with Crippen molar-refractivity contribution in [1.29, 1.82) is 0 Å². The molecule has 100 valence electrons. The van der Waals surface area contributed by atoms with Crippen molar-refractivity contribution in [3.8, 4) is 0 Å². The number of hydrogen-bond donors (Lipinski definition) is 1. The Labute approximate surface area is 115 Å². The molecule has 0 amide bonds. The van der Waals surface area contributed by atoms with E-state index in [4.69, 9.17) is 17.3 Å². The second kappa shape index (κ2) is 6.05. The van der Waals surface area contributed by atoms with Gasteiger partial charge in [0.05, 0.1) is 0 Å². The molecule has 0 bridgehead atoms. The smallest absolute Gasteiger partial charge is 0.0453 e. The van der Waals surface area contributed by atoms with Gasteiger partial charge in [-0.1, -0.05) is 42.6 Å². The first-order valence-electron chi connectivity index (χ1n) is 6.77. The highest BCUT2D eigenvalue weighted by Crippen LogP contribution is 2.39. The van der Waals surface area contributed by atoms with Crippen LogP contribution in [0.25, 0.3) is 0 Å². The quantitative estimate of drug-likeness (QED) is 0.908. The molecule has 0 radical (unpaired) electrons. The number of nitrogens with zero attached hydrogens (tertiary/aromatic N) is 1. The monoisotopic (exact) mass is 266 g/mol. The van der Waals surface area contributed by atoms with Gasteiger partial charge in [-0.3, -0.25) is 0 Å². The first kappa shape index (κ1) is 13.9. The largest absolute Gasteiger partial charge is 0.327 e. The van der Waals surface area contributed by atoms with Crippen LogP contribution in [0.4, 0.5) is 0 Å². The summed E-state index contributed by atoms with van der Waals surface area (Å²) in [5.41, 5.74) is 7.55. The molecular formula is C15H23ClN2. The van der Waals surface area contributed by atoms with Crippen LogP contribution in [0.15, 0.2) is 24.3 Å². The maximum atomic E-state index is 6.36. The van der Waals surface area contributed by atoms with Crippen molar-refractivity contribution in [3.05, 3.63) is 34.9 Å². The Hall–Kier alpha value is -0.570. The highest BCUT2D eigenvalue weighted by Gasteiger charge is 2.32. The highest BCUT2D eigenvalue weighted by molar-refractivity contribution is 6.31. The van der Waals surface area contributed by atoms with Gasteiger partial charge in [-0.25, -0.2) is 0 Å². The SMILES string of the molecule is CN(C)[C@@H](c1ccccc1Cl)[C@@H]1CCCC[C@H]1N. The van der Waals surface area contributed by atoms with Gasteiger partial charge in [0.2, 0.25) is 0 Å². The van der Waals surface area contributed by atoms with Gasteiger partial charge in [0.15, 0.2) is 0 Å². The van der Waals surface area contributed by atoms with Crippen LogP contribution in [-0.2, 0) is 0 Å². The van der Waals surface area contributed by atoms with Crippen LogP contribution in [0.3, 0.4) is 0 Å². The molecule has 1 saturated carbocycles. The summed E-state index contributed by atoms with van der Waals surface area (Å²) in [4.78, 5) is 2.26. The number of halogens is 1. The molecule has 1 aromatic rings. The summed E-state index contributed by atoms with van der Waals surface area (Å²) in [6, 6.07) is 8.78. The van der Waals surface area contributed by atoms with Gasteiger partial charge >= 0.3 is 0 Å². The number of hydrogen-bond acceptors (Lipinski definition) is 2. The molecule has 1 aliphatic rings. The molecule has 3 atom stereocenters. The zero-order valence-corrected chi connectivity index (χ0v) is 12.0. The minimum atomic E-state index is 0.294. The average molecular weight is 267 g/mol. The second-order valence-corrected chi connectivity index (χ2v) is 5.95. The molecule has 18 heavy (non-hydrogen) atoms. The van der Waals surface area contributed by atoms with E-state index in [9.17, 15) is 0 Å². The van der Waals surface area contributed by atoms with E-state index in [0.29, 0.717) is 18.0 Å². The zero-order valence-electron chi connectivity index (χ0n) is 11.3. The van der Waals surface area contributed by atoms with Crippen LogP contribution in [0.2, 0.25) is 5.02 Å². The molecule has 0 aliphatic heterocycles. The van der Waals surface area contributed by atoms with Gasteiger partial charge in [0, 0.05) is 17.1 Å². The summed E-state index contributed by atoms with van der Waals surface area (Å²) in [5, 5.41) is 0.856. The summed E-state index contributed by atoms with van der Waals surface area (Å²) in [6.07, 6.45) is 4.89. The molecule has 0 spiro atoms. The van der Waals surface area contributed by atoms with Crippen molar-refractivity contribution in [2.24, 2.45) is 11.7 Å². The lowest BCUT2D eigenvalue weighted by Crippen LogP contribution is -2.41. The number of nitrogens with two attached hydrogens (primary N) is 1. The lowest BCUT2D eigenvalue weighted by Gasteiger charge is -2.39. The maximum Gasteiger partial charge on any atom is 0.0453 e. The summed E-state index contributed by atoms with van der Waals surface area (Å²) < 4.78 is 0. The van der Waals surface area contributed by atoms with Gasteiger partial charge in [-0.2, -0.15) is 0 Å². The van der Waals surface area contributed by atoms with Crippen molar-refractivity contribution < 1.29 is 0 Å². The average Bonchev–Trinajstić information content (AvgIpc) is 2.34. The van der Waals surface area contributed by atoms with Crippen molar-refractivity contribution in [2.45, 2.75) is 37.8 Å². The molecule has 1 aromatic carbocycles. The van der Waals surface area contributed by atoms with Crippen LogP contribution in [0, 0.1) is 5.92 Å². The molecule has 0 unspecified atom stereocenters. The normalized spacial score (nSPS) is 26.3. The Morgan fingerprint density at radius 3 is 2.50 bits per heavy atom. The third-order valence-electron chi connectivity index (χ3n) is 4.06. The molecule has 0 saturated heterocycles. The van der Waals surface area contributed by atoms with Crippen molar-refractivity contribution in [3.63, 3.8) is 0 Å². The van der Waals surface area contributed by atoms with E-state index in [0.717, 1.165) is 11.4 Å². The molecule has 2 rings (SSSR count). The van der Waals surface area contributed by atoms with Crippen molar-refractivity contribution >= 4 is 11.6 Å². The Bertz CT molecular complexity index is 392. The van der Waals surface area contributed by atoms with E-state index >= 15 is 0 Å². The predicted molar refractivity (Wildman–Crippen MR) is 77.8 cm³/mol. The van der Waals surface area contributed by atoms with Gasteiger partial charge in [-0.15, -0.1) is 0 Å². The topological polar surface area (TPSA) is 29.3 Å². The first-order valence-corrected chi connectivity index (χ1v) is 7.15. The highest BCUT2D eigenvalue weighted by atomic mass is 35.5. The van der Waals surface area contributed by atoms with Crippen LogP contribution in [-0.4, -0.2) is 25.0 Å². The molecule has 0 aromatic heterocycles. The maximum absolute atomic E-state index is 6.36. The van der Waals surface area contributed by atoms with Crippen LogP contribution in [0.5, 0.6) is 0 Å². The molecule has 2 N–H and O–H groups in total. The lowest BCUT2D eigenvalue weighted by atomic mass is 9.77. The van der Waals surface area contributed by atoms with Crippen molar-refractivity contribution in [1.82, 2.24) is 4.90 Å². The summed E-state index contributed by atoms with van der Waals surface area (Å²) in [6.45, 7) is 0. The van der Waals surface area contributed by atoms with E-state index < -0.39 is 0 Å². The fraction of sp³-hybridized carbons (Fsp3) is 0.600. The van der Waals surface area contributed by atoms with E-state index in [1.165, 1.54) is 24.8 Å². The Balaban J connectivity index is 2.31. The van der Waals surface area contributed by atoms with Crippen molar-refractivity contribution in [2.75, 3.05) is 14.1 Å². The Kier molecular flexibility index (Phi) is 4.66. The summed E-state index contributed by atoms with van der Waals surface area (Å²) in [7, 11) is 4.24. The van der Waals surface area contributed by atoms with E-state index in [-0.39, 0.29) is 0 Å². The van der Waals surface area contributed by atoms with Crippen LogP contribution in [0.1, 0.15) is 37.3 Å². The first-order chi connectivity index (χ1) is 8.61. The van der Waals surface area contributed by atoms with Gasteiger partial charge < -0.3 is 10.6 Å². The predicted octanol–water partition coefficient (Wildman–Crippen LogP) is 3.46. The molecule has 2 nitrogen and oxygen atoms in total. The third kappa shape index (κ3) is 2.87. The van der Waals surface area contributed by atoms with E-state index in [1.807, 2.05) is 12.1 Å². The molecule has 1 aliphatic carbocycles. The van der Waals surface area contributed by atoms with Gasteiger partial charge in [0.1, 0.15) is 0 Å². The number of rotatable bonds is 3. The summed E-state index contributed by atoms with van der Waals surface area (Å²) >= 11 is 6.36. The van der Waals surface area contributed by atoms with Crippen LogP contribution < -0.4 is 5.73 Å². The van der Waals surface area contributed by atoms with E-state index in [2.05, 4.69) is 31.1 Å². The fourth-order valence-electron chi connectivity index (χ4n) is 3.19. The Morgan fingerprint density at radius 2 is 1.89 bits per heavy atom. The fourth-order valence-corrected chi connectivity index (χ4v) is 3.43. The lowest BCUT2D eigenvalue weighted by molar-refractivity contribution is 0.151. The third-order valence-corrected chi connectivity index (χ3v) is 4.40. The molecule has 3 heteroatoms. The zero-order chi connectivity index (χ0) is 13.1. The molecule has 1 fully saturated rings. The standard InChI is InChI=1S/C15H23ClN2/c1-18(2)15(11-7-3-5-9-13(11)16)12-8-4-6-10-14(12)17/h3,5,7,9,12,14-15H,4,6,8,10,17H2,1-2H3/t12-,14-,15+/m1/s1. The molecular weight excluding hydrogens is 244 g/mol. The van der Waals surface area contributed by atoms with E-state index in [1.54, 1.807) is 0 Å². The number of benzene rings is 1. The van der Waals surface area contributed by atoms with Crippen LogP contribution >= 0.6 is 11.6 Å². The minimum absolute atomic E-state index is 0.294. The molecule has 0 heterocycles.